The number of thiophene rings is 1. The number of aliphatic imine (C=N–C) groups is 1. The summed E-state index contributed by atoms with van der Waals surface area (Å²) in [7, 11) is 0. The molecule has 6 heteroatoms. The molecule has 0 radical (unpaired) electrons. The van der Waals surface area contributed by atoms with Crippen LogP contribution in [0.5, 0.6) is 0 Å². The van der Waals surface area contributed by atoms with Gasteiger partial charge in [-0.3, -0.25) is 4.99 Å². The van der Waals surface area contributed by atoms with Gasteiger partial charge in [0.25, 0.3) is 0 Å². The summed E-state index contributed by atoms with van der Waals surface area (Å²) < 4.78 is 1.12. The van der Waals surface area contributed by atoms with E-state index in [1.807, 2.05) is 0 Å². The van der Waals surface area contributed by atoms with Crippen molar-refractivity contribution in [2.75, 3.05) is 6.54 Å². The molecule has 1 aromatic heterocycles. The first kappa shape index (κ1) is 17.7. The number of halogens is 2. The van der Waals surface area contributed by atoms with Crippen LogP contribution in [0.1, 0.15) is 22.8 Å². The van der Waals surface area contributed by atoms with E-state index in [2.05, 4.69) is 68.0 Å². The Balaban J connectivity index is 0.00000176. The van der Waals surface area contributed by atoms with Crippen LogP contribution >= 0.6 is 51.2 Å². The van der Waals surface area contributed by atoms with Crippen molar-refractivity contribution in [1.82, 2.24) is 5.32 Å². The summed E-state index contributed by atoms with van der Waals surface area (Å²) >= 11 is 5.23. The number of nitrogens with one attached hydrogen (secondary N) is 1. The molecule has 3 nitrogen and oxygen atoms in total. The highest BCUT2D eigenvalue weighted by Crippen LogP contribution is 2.40. The van der Waals surface area contributed by atoms with Crippen molar-refractivity contribution in [2.24, 2.45) is 10.7 Å². The third-order valence-electron chi connectivity index (χ3n) is 3.64. The Hall–Kier alpha value is -0.600. The van der Waals surface area contributed by atoms with Crippen molar-refractivity contribution in [3.8, 4) is 0 Å². The van der Waals surface area contributed by atoms with Gasteiger partial charge >= 0.3 is 0 Å². The highest BCUT2D eigenvalue weighted by Gasteiger charge is 2.38. The summed E-state index contributed by atoms with van der Waals surface area (Å²) in [5, 5.41) is 5.41. The lowest BCUT2D eigenvalue weighted by Crippen LogP contribution is -2.34. The first-order valence-corrected chi connectivity index (χ1v) is 8.74. The van der Waals surface area contributed by atoms with Crippen LogP contribution in [0.3, 0.4) is 0 Å². The molecule has 0 aliphatic heterocycles. The van der Waals surface area contributed by atoms with Crippen molar-refractivity contribution in [1.29, 1.82) is 0 Å². The number of benzene rings is 1. The second kappa shape index (κ2) is 8.31. The smallest absolute Gasteiger partial charge is 0.188 e. The lowest BCUT2D eigenvalue weighted by molar-refractivity contribution is 0.844. The molecule has 0 amide bonds. The number of hydrogen-bond acceptors (Lipinski definition) is 2. The third kappa shape index (κ3) is 4.96. The van der Waals surface area contributed by atoms with Crippen LogP contribution in [-0.4, -0.2) is 18.5 Å². The van der Waals surface area contributed by atoms with E-state index < -0.39 is 0 Å². The topological polar surface area (TPSA) is 50.4 Å². The standard InChI is InChI=1S/C16H18BrN3S.HI/c17-12-5-3-11(4-6-12)14-10-15(14)20-16(18)19-8-7-13-2-1-9-21-13;/h1-6,9,14-15H,7-8,10H2,(H3,18,19,20);1H/t14-,15+;/m0./s1. The van der Waals surface area contributed by atoms with E-state index >= 15 is 0 Å². The lowest BCUT2D eigenvalue weighted by Gasteiger charge is -2.05. The average molecular weight is 492 g/mol. The van der Waals surface area contributed by atoms with E-state index in [9.17, 15) is 0 Å². The van der Waals surface area contributed by atoms with Gasteiger partial charge in [-0.1, -0.05) is 34.1 Å². The fourth-order valence-electron chi connectivity index (χ4n) is 2.41. The minimum absolute atomic E-state index is 0. The van der Waals surface area contributed by atoms with Crippen molar-refractivity contribution in [3.05, 3.63) is 56.7 Å². The summed E-state index contributed by atoms with van der Waals surface area (Å²) in [6.07, 6.45) is 2.09. The predicted octanol–water partition coefficient (Wildman–Crippen LogP) is 4.13. The van der Waals surface area contributed by atoms with Gasteiger partial charge in [0.05, 0.1) is 0 Å². The second-order valence-corrected chi connectivity index (χ2v) is 7.19. The Morgan fingerprint density at radius 3 is 2.77 bits per heavy atom. The lowest BCUT2D eigenvalue weighted by atomic mass is 10.1. The molecule has 1 aliphatic carbocycles. The molecule has 0 saturated heterocycles. The molecule has 2 atom stereocenters. The van der Waals surface area contributed by atoms with Gasteiger partial charge in [0, 0.05) is 34.3 Å². The van der Waals surface area contributed by atoms with Crippen LogP contribution in [0.15, 0.2) is 51.2 Å². The zero-order chi connectivity index (χ0) is 14.7. The summed E-state index contributed by atoms with van der Waals surface area (Å²) in [4.78, 5) is 5.76. The molecule has 1 fully saturated rings. The van der Waals surface area contributed by atoms with Gasteiger partial charge in [-0.15, -0.1) is 35.3 Å². The monoisotopic (exact) mass is 491 g/mol. The van der Waals surface area contributed by atoms with Crippen molar-refractivity contribution in [3.63, 3.8) is 0 Å². The van der Waals surface area contributed by atoms with Crippen LogP contribution in [0.2, 0.25) is 0 Å². The van der Waals surface area contributed by atoms with E-state index in [1.165, 1.54) is 10.4 Å². The maximum absolute atomic E-state index is 5.95. The van der Waals surface area contributed by atoms with Gasteiger partial charge in [0.2, 0.25) is 0 Å². The van der Waals surface area contributed by atoms with E-state index in [0.717, 1.165) is 23.9 Å². The maximum atomic E-state index is 5.95. The molecule has 3 N–H and O–H groups in total. The number of guanidine groups is 1. The fourth-order valence-corrected chi connectivity index (χ4v) is 3.37. The molecule has 2 aromatic rings. The minimum atomic E-state index is 0. The molecule has 1 aliphatic rings. The Morgan fingerprint density at radius 1 is 1.32 bits per heavy atom. The van der Waals surface area contributed by atoms with Crippen LogP contribution in [0.25, 0.3) is 0 Å². The Bertz CT molecular complexity index is 613. The number of rotatable bonds is 5. The molecule has 0 unspecified atom stereocenters. The zero-order valence-corrected chi connectivity index (χ0v) is 16.8. The van der Waals surface area contributed by atoms with Crippen molar-refractivity contribution < 1.29 is 0 Å². The molecule has 22 heavy (non-hydrogen) atoms. The Kier molecular flexibility index (Phi) is 6.70. The highest BCUT2D eigenvalue weighted by atomic mass is 127. The number of hydrogen-bond donors (Lipinski definition) is 2. The van der Waals surface area contributed by atoms with Gasteiger partial charge < -0.3 is 11.1 Å². The van der Waals surface area contributed by atoms with Crippen molar-refractivity contribution >= 4 is 57.2 Å². The maximum Gasteiger partial charge on any atom is 0.188 e. The van der Waals surface area contributed by atoms with E-state index in [0.29, 0.717) is 17.9 Å². The van der Waals surface area contributed by atoms with Crippen LogP contribution in [0.4, 0.5) is 0 Å². The molecule has 1 aromatic carbocycles. The average Bonchev–Trinajstić information content (AvgIpc) is 3.02. The summed E-state index contributed by atoms with van der Waals surface area (Å²) in [6.45, 7) is 0.745. The van der Waals surface area contributed by atoms with Gasteiger partial charge in [-0.25, -0.2) is 0 Å². The SMILES string of the molecule is I.NC(=NCCc1cccs1)N[C@@H]1C[C@H]1c1ccc(Br)cc1. The van der Waals surface area contributed by atoms with E-state index in [1.54, 1.807) is 11.3 Å². The number of nitrogens with zero attached hydrogens (tertiary/aromatic N) is 1. The van der Waals surface area contributed by atoms with Gasteiger partial charge in [-0.2, -0.15) is 0 Å². The fraction of sp³-hybridized carbons (Fsp3) is 0.312. The molecular formula is C16H19BrIN3S. The Labute approximate surface area is 160 Å². The predicted molar refractivity (Wildman–Crippen MR) is 108 cm³/mol. The molecule has 0 bridgehead atoms. The molecule has 1 saturated carbocycles. The van der Waals surface area contributed by atoms with Gasteiger partial charge in [0.15, 0.2) is 5.96 Å². The normalized spacial score (nSPS) is 20.3. The largest absolute Gasteiger partial charge is 0.370 e. The molecular weight excluding hydrogens is 473 g/mol. The van der Waals surface area contributed by atoms with Crippen LogP contribution in [-0.2, 0) is 6.42 Å². The number of nitrogens with two attached hydrogens (primary N) is 1. The summed E-state index contributed by atoms with van der Waals surface area (Å²) in [6, 6.07) is 13.1. The molecule has 118 valence electrons. The summed E-state index contributed by atoms with van der Waals surface area (Å²) in [5.41, 5.74) is 7.32. The molecule has 0 spiro atoms. The first-order chi connectivity index (χ1) is 10.2. The summed E-state index contributed by atoms with van der Waals surface area (Å²) in [5.74, 6) is 1.13. The zero-order valence-electron chi connectivity index (χ0n) is 12.0. The Morgan fingerprint density at radius 2 is 2.09 bits per heavy atom. The second-order valence-electron chi connectivity index (χ2n) is 5.24. The highest BCUT2D eigenvalue weighted by molar-refractivity contribution is 14.0. The third-order valence-corrected chi connectivity index (χ3v) is 5.11. The first-order valence-electron chi connectivity index (χ1n) is 7.06. The van der Waals surface area contributed by atoms with Gasteiger partial charge in [-0.05, 0) is 35.6 Å². The quantitative estimate of drug-likeness (QED) is 0.375. The van der Waals surface area contributed by atoms with Crippen molar-refractivity contribution in [2.45, 2.75) is 24.8 Å². The minimum Gasteiger partial charge on any atom is -0.370 e. The molecule has 1 heterocycles. The van der Waals surface area contributed by atoms with Crippen LogP contribution in [0, 0.1) is 0 Å². The van der Waals surface area contributed by atoms with E-state index in [-0.39, 0.29) is 24.0 Å². The molecule has 3 rings (SSSR count). The van der Waals surface area contributed by atoms with E-state index in [4.69, 9.17) is 5.73 Å². The van der Waals surface area contributed by atoms with Crippen LogP contribution < -0.4 is 11.1 Å². The van der Waals surface area contributed by atoms with Gasteiger partial charge in [0.1, 0.15) is 0 Å².